The van der Waals surface area contributed by atoms with Gasteiger partial charge in [-0.05, 0) is 37.9 Å². The predicted octanol–water partition coefficient (Wildman–Crippen LogP) is 2.22. The van der Waals surface area contributed by atoms with Crippen LogP contribution in [0.2, 0.25) is 0 Å². The van der Waals surface area contributed by atoms with E-state index in [9.17, 15) is 9.18 Å². The standard InChI is InChI=1S/C15H21FN2O2.ClH/c16-14-5-2-1-4-13(14)15(19)18-9-6-12(7-10-18)20-11-3-8-17;/h1-2,4-5,12H,3,6-11,17H2;1H. The van der Waals surface area contributed by atoms with Crippen LogP contribution in [0.1, 0.15) is 29.6 Å². The Balaban J connectivity index is 0.00000220. The molecule has 21 heavy (non-hydrogen) atoms. The quantitative estimate of drug-likeness (QED) is 0.847. The Hall–Kier alpha value is -1.17. The Bertz CT molecular complexity index is 451. The van der Waals surface area contributed by atoms with E-state index in [0.29, 0.717) is 26.2 Å². The summed E-state index contributed by atoms with van der Waals surface area (Å²) in [5.74, 6) is -0.692. The number of benzene rings is 1. The van der Waals surface area contributed by atoms with Crippen molar-refractivity contribution in [3.05, 3.63) is 35.6 Å². The van der Waals surface area contributed by atoms with Gasteiger partial charge in [-0.1, -0.05) is 12.1 Å². The highest BCUT2D eigenvalue weighted by atomic mass is 35.5. The molecule has 0 saturated carbocycles. The molecule has 1 amide bonds. The number of likely N-dealkylation sites (tertiary alicyclic amines) is 1. The second kappa shape index (κ2) is 8.97. The van der Waals surface area contributed by atoms with Gasteiger partial charge in [0, 0.05) is 19.7 Å². The SMILES string of the molecule is Cl.NCCCOC1CCN(C(=O)c2ccccc2F)CC1. The third kappa shape index (κ3) is 4.95. The Morgan fingerprint density at radius 2 is 2.00 bits per heavy atom. The second-order valence-corrected chi connectivity index (χ2v) is 4.98. The van der Waals surface area contributed by atoms with Gasteiger partial charge in [-0.3, -0.25) is 4.79 Å². The first-order valence-electron chi connectivity index (χ1n) is 7.08. The van der Waals surface area contributed by atoms with Gasteiger partial charge in [-0.25, -0.2) is 4.39 Å². The average Bonchev–Trinajstić information content (AvgIpc) is 2.48. The molecule has 1 aromatic rings. The largest absolute Gasteiger partial charge is 0.378 e. The lowest BCUT2D eigenvalue weighted by Gasteiger charge is -2.32. The third-order valence-corrected chi connectivity index (χ3v) is 3.54. The zero-order chi connectivity index (χ0) is 14.4. The number of carbonyl (C=O) groups excluding carboxylic acids is 1. The van der Waals surface area contributed by atoms with Crippen LogP contribution < -0.4 is 5.73 Å². The van der Waals surface area contributed by atoms with Crippen LogP contribution in [0.4, 0.5) is 4.39 Å². The van der Waals surface area contributed by atoms with Crippen LogP contribution in [0.15, 0.2) is 24.3 Å². The fourth-order valence-corrected chi connectivity index (χ4v) is 2.36. The van der Waals surface area contributed by atoms with Crippen molar-refractivity contribution in [1.29, 1.82) is 0 Å². The van der Waals surface area contributed by atoms with Gasteiger partial charge in [0.2, 0.25) is 0 Å². The lowest BCUT2D eigenvalue weighted by Crippen LogP contribution is -2.41. The van der Waals surface area contributed by atoms with Crippen molar-refractivity contribution in [2.24, 2.45) is 5.73 Å². The molecule has 0 bridgehead atoms. The van der Waals surface area contributed by atoms with Crippen LogP contribution in [0.3, 0.4) is 0 Å². The molecule has 6 heteroatoms. The van der Waals surface area contributed by atoms with Crippen molar-refractivity contribution >= 4 is 18.3 Å². The normalized spacial score (nSPS) is 15.6. The van der Waals surface area contributed by atoms with Gasteiger partial charge in [-0.15, -0.1) is 12.4 Å². The number of nitrogens with zero attached hydrogens (tertiary/aromatic N) is 1. The highest BCUT2D eigenvalue weighted by molar-refractivity contribution is 5.94. The van der Waals surface area contributed by atoms with Crippen molar-refractivity contribution < 1.29 is 13.9 Å². The van der Waals surface area contributed by atoms with E-state index >= 15 is 0 Å². The van der Waals surface area contributed by atoms with E-state index in [4.69, 9.17) is 10.5 Å². The number of piperidine rings is 1. The zero-order valence-electron chi connectivity index (χ0n) is 12.0. The summed E-state index contributed by atoms with van der Waals surface area (Å²) in [7, 11) is 0. The van der Waals surface area contributed by atoms with Crippen molar-refractivity contribution in [1.82, 2.24) is 4.90 Å². The number of hydrogen-bond donors (Lipinski definition) is 1. The molecule has 1 aliphatic rings. The Labute approximate surface area is 130 Å². The summed E-state index contributed by atoms with van der Waals surface area (Å²) < 4.78 is 19.3. The van der Waals surface area contributed by atoms with E-state index < -0.39 is 5.82 Å². The van der Waals surface area contributed by atoms with Crippen molar-refractivity contribution in [2.45, 2.75) is 25.4 Å². The minimum Gasteiger partial charge on any atom is -0.378 e. The number of hydrogen-bond acceptors (Lipinski definition) is 3. The number of ether oxygens (including phenoxy) is 1. The molecule has 1 aromatic carbocycles. The smallest absolute Gasteiger partial charge is 0.256 e. The van der Waals surface area contributed by atoms with Gasteiger partial charge < -0.3 is 15.4 Å². The molecule has 0 spiro atoms. The first-order valence-corrected chi connectivity index (χ1v) is 7.08. The molecule has 0 aliphatic carbocycles. The molecule has 0 atom stereocenters. The van der Waals surface area contributed by atoms with Gasteiger partial charge >= 0.3 is 0 Å². The molecule has 2 rings (SSSR count). The van der Waals surface area contributed by atoms with E-state index in [1.807, 2.05) is 0 Å². The molecule has 4 nitrogen and oxygen atoms in total. The lowest BCUT2D eigenvalue weighted by atomic mass is 10.1. The van der Waals surface area contributed by atoms with E-state index in [1.165, 1.54) is 12.1 Å². The summed E-state index contributed by atoms with van der Waals surface area (Å²) in [6, 6.07) is 6.11. The van der Waals surface area contributed by atoms with E-state index in [1.54, 1.807) is 17.0 Å². The molecule has 1 saturated heterocycles. The van der Waals surface area contributed by atoms with E-state index in [-0.39, 0.29) is 30.0 Å². The monoisotopic (exact) mass is 316 g/mol. The van der Waals surface area contributed by atoms with Crippen LogP contribution in [0.5, 0.6) is 0 Å². The third-order valence-electron chi connectivity index (χ3n) is 3.54. The van der Waals surface area contributed by atoms with E-state index in [0.717, 1.165) is 19.3 Å². The predicted molar refractivity (Wildman–Crippen MR) is 82.2 cm³/mol. The van der Waals surface area contributed by atoms with Crippen LogP contribution in [-0.2, 0) is 4.74 Å². The molecule has 1 fully saturated rings. The fraction of sp³-hybridized carbons (Fsp3) is 0.533. The molecule has 2 N–H and O–H groups in total. The minimum atomic E-state index is -0.459. The summed E-state index contributed by atoms with van der Waals surface area (Å²) >= 11 is 0. The van der Waals surface area contributed by atoms with Crippen molar-refractivity contribution in [3.8, 4) is 0 Å². The van der Waals surface area contributed by atoms with Crippen molar-refractivity contribution in [3.63, 3.8) is 0 Å². The van der Waals surface area contributed by atoms with Crippen LogP contribution in [0.25, 0.3) is 0 Å². The second-order valence-electron chi connectivity index (χ2n) is 4.98. The topological polar surface area (TPSA) is 55.6 Å². The highest BCUT2D eigenvalue weighted by Crippen LogP contribution is 2.17. The molecule has 0 radical (unpaired) electrons. The maximum Gasteiger partial charge on any atom is 0.256 e. The Kier molecular flexibility index (Phi) is 7.64. The van der Waals surface area contributed by atoms with Gasteiger partial charge in [0.15, 0.2) is 0 Å². The maximum absolute atomic E-state index is 13.6. The van der Waals surface area contributed by atoms with Gasteiger partial charge in [0.05, 0.1) is 11.7 Å². The number of nitrogens with two attached hydrogens (primary N) is 1. The molecule has 0 aromatic heterocycles. The van der Waals surface area contributed by atoms with Gasteiger partial charge in [-0.2, -0.15) is 0 Å². The number of amides is 1. The first-order chi connectivity index (χ1) is 9.72. The molecular weight excluding hydrogens is 295 g/mol. The van der Waals surface area contributed by atoms with Crippen LogP contribution in [-0.4, -0.2) is 43.2 Å². The molecule has 1 aliphatic heterocycles. The minimum absolute atomic E-state index is 0. The van der Waals surface area contributed by atoms with Crippen LogP contribution in [0, 0.1) is 5.82 Å². The van der Waals surface area contributed by atoms with Gasteiger partial charge in [0.1, 0.15) is 5.82 Å². The van der Waals surface area contributed by atoms with Gasteiger partial charge in [0.25, 0.3) is 5.91 Å². The first kappa shape index (κ1) is 17.9. The van der Waals surface area contributed by atoms with Crippen LogP contribution >= 0.6 is 12.4 Å². The molecule has 1 heterocycles. The fourth-order valence-electron chi connectivity index (χ4n) is 2.36. The molecule has 0 unspecified atom stereocenters. The summed E-state index contributed by atoms with van der Waals surface area (Å²) in [4.78, 5) is 13.9. The zero-order valence-corrected chi connectivity index (χ0v) is 12.8. The summed E-state index contributed by atoms with van der Waals surface area (Å²) in [5, 5.41) is 0. The summed E-state index contributed by atoms with van der Waals surface area (Å²) in [6.45, 7) is 2.52. The highest BCUT2D eigenvalue weighted by Gasteiger charge is 2.25. The number of rotatable bonds is 5. The average molecular weight is 317 g/mol. The Morgan fingerprint density at radius 3 is 2.62 bits per heavy atom. The van der Waals surface area contributed by atoms with E-state index in [2.05, 4.69) is 0 Å². The number of halogens is 2. The maximum atomic E-state index is 13.6. The molecule has 118 valence electrons. The number of carbonyl (C=O) groups is 1. The molecular formula is C15H22ClFN2O2. The Morgan fingerprint density at radius 1 is 1.33 bits per heavy atom. The van der Waals surface area contributed by atoms with Crippen molar-refractivity contribution in [2.75, 3.05) is 26.2 Å². The summed E-state index contributed by atoms with van der Waals surface area (Å²) in [5.41, 5.74) is 5.56. The lowest BCUT2D eigenvalue weighted by molar-refractivity contribution is 0.00834. The summed E-state index contributed by atoms with van der Waals surface area (Å²) in [6.07, 6.45) is 2.63.